The molecule has 10 nitrogen and oxygen atoms in total. The van der Waals surface area contributed by atoms with E-state index in [0.29, 0.717) is 41.2 Å². The Morgan fingerprint density at radius 1 is 1.08 bits per heavy atom. The summed E-state index contributed by atoms with van der Waals surface area (Å²) in [6, 6.07) is 10.4. The highest BCUT2D eigenvalue weighted by molar-refractivity contribution is 5.96. The maximum absolute atomic E-state index is 12.7. The smallest absolute Gasteiger partial charge is 0.412 e. The van der Waals surface area contributed by atoms with Crippen LogP contribution in [-0.2, 0) is 14.3 Å². The van der Waals surface area contributed by atoms with Gasteiger partial charge in [0.25, 0.3) is 0 Å². The molecule has 1 saturated carbocycles. The van der Waals surface area contributed by atoms with Crippen LogP contribution in [0.5, 0.6) is 0 Å². The standard InChI is InChI=1S/C26H28N4O6/c1-15-22(29-26(34)35-16(2)18-6-5-13-27-14-18)23(36-30-15)17-9-11-19(12-10-17)28-24(31)20-7-3-4-8-21(20)25(32)33/h5-6,9-14,16,20-21H,3-4,7-8H2,1-2H3,(H,28,31)(H,29,34)(H,32,33). The van der Waals surface area contributed by atoms with E-state index in [1.807, 2.05) is 6.07 Å². The number of hydrogen-bond acceptors (Lipinski definition) is 7. The molecule has 188 valence electrons. The zero-order chi connectivity index (χ0) is 25.7. The lowest BCUT2D eigenvalue weighted by atomic mass is 9.78. The minimum atomic E-state index is -0.931. The van der Waals surface area contributed by atoms with Gasteiger partial charge in [-0.15, -0.1) is 0 Å². The molecular weight excluding hydrogens is 464 g/mol. The molecule has 1 aliphatic rings. The lowest BCUT2D eigenvalue weighted by Gasteiger charge is -2.27. The van der Waals surface area contributed by atoms with Crippen molar-refractivity contribution < 1.29 is 28.8 Å². The quantitative estimate of drug-likeness (QED) is 0.409. The van der Waals surface area contributed by atoms with Gasteiger partial charge in [0.1, 0.15) is 17.5 Å². The Morgan fingerprint density at radius 2 is 1.81 bits per heavy atom. The van der Waals surface area contributed by atoms with Gasteiger partial charge in [-0.05, 0) is 57.0 Å². The van der Waals surface area contributed by atoms with Crippen LogP contribution in [0.25, 0.3) is 11.3 Å². The van der Waals surface area contributed by atoms with Crippen molar-refractivity contribution in [2.75, 3.05) is 10.6 Å². The number of hydrogen-bond donors (Lipinski definition) is 3. The number of carbonyl (C=O) groups is 3. The largest absolute Gasteiger partial charge is 0.481 e. The monoisotopic (exact) mass is 492 g/mol. The van der Waals surface area contributed by atoms with E-state index in [9.17, 15) is 19.5 Å². The fourth-order valence-corrected chi connectivity index (χ4v) is 4.37. The SMILES string of the molecule is Cc1noc(-c2ccc(NC(=O)C3CCCCC3C(=O)O)cc2)c1NC(=O)OC(C)c1cccnc1. The predicted octanol–water partition coefficient (Wildman–Crippen LogP) is 5.18. The fourth-order valence-electron chi connectivity index (χ4n) is 4.37. The molecule has 1 fully saturated rings. The summed E-state index contributed by atoms with van der Waals surface area (Å²) < 4.78 is 10.9. The summed E-state index contributed by atoms with van der Waals surface area (Å²) in [6.07, 6.45) is 4.83. The number of aliphatic carboxylic acids is 1. The molecule has 10 heteroatoms. The second-order valence-electron chi connectivity index (χ2n) is 8.83. The third kappa shape index (κ3) is 5.70. The summed E-state index contributed by atoms with van der Waals surface area (Å²) in [5.41, 5.74) is 2.78. The number of nitrogens with one attached hydrogen (secondary N) is 2. The Balaban J connectivity index is 1.42. The highest BCUT2D eigenvalue weighted by atomic mass is 16.6. The Kier molecular flexibility index (Phi) is 7.62. The number of anilines is 2. The number of pyridine rings is 1. The number of aromatic nitrogens is 2. The summed E-state index contributed by atoms with van der Waals surface area (Å²) in [4.78, 5) is 40.8. The molecule has 2 aromatic heterocycles. The van der Waals surface area contributed by atoms with Crippen LogP contribution in [0.3, 0.4) is 0 Å². The van der Waals surface area contributed by atoms with Gasteiger partial charge in [0.15, 0.2) is 5.76 Å². The molecule has 3 atom stereocenters. The van der Waals surface area contributed by atoms with Crippen LogP contribution in [0, 0.1) is 18.8 Å². The predicted molar refractivity (Wildman–Crippen MR) is 131 cm³/mol. The van der Waals surface area contributed by atoms with Crippen LogP contribution in [0.15, 0.2) is 53.3 Å². The van der Waals surface area contributed by atoms with Crippen molar-refractivity contribution in [1.82, 2.24) is 10.1 Å². The highest BCUT2D eigenvalue weighted by Crippen LogP contribution is 2.34. The molecule has 0 radical (unpaired) electrons. The first-order valence-corrected chi connectivity index (χ1v) is 11.8. The van der Waals surface area contributed by atoms with Gasteiger partial charge in [0.05, 0.1) is 11.8 Å². The number of carbonyl (C=O) groups excluding carboxylic acids is 2. The second-order valence-corrected chi connectivity index (χ2v) is 8.83. The Hall–Kier alpha value is -4.21. The summed E-state index contributed by atoms with van der Waals surface area (Å²) in [6.45, 7) is 3.45. The molecule has 3 unspecified atom stereocenters. The van der Waals surface area contributed by atoms with Gasteiger partial charge in [-0.2, -0.15) is 0 Å². The number of aryl methyl sites for hydroxylation is 1. The van der Waals surface area contributed by atoms with Gasteiger partial charge < -0.3 is 19.7 Å². The minimum Gasteiger partial charge on any atom is -0.481 e. The Morgan fingerprint density at radius 3 is 2.47 bits per heavy atom. The maximum atomic E-state index is 12.7. The normalized spacial score (nSPS) is 18.2. The molecule has 1 aliphatic carbocycles. The second kappa shape index (κ2) is 11.0. The molecule has 1 aromatic carbocycles. The zero-order valence-corrected chi connectivity index (χ0v) is 20.1. The van der Waals surface area contributed by atoms with E-state index in [4.69, 9.17) is 9.26 Å². The van der Waals surface area contributed by atoms with E-state index in [-0.39, 0.29) is 5.91 Å². The topological polar surface area (TPSA) is 144 Å². The van der Waals surface area contributed by atoms with Crippen molar-refractivity contribution in [2.45, 2.75) is 45.6 Å². The Bertz CT molecular complexity index is 1220. The first-order valence-electron chi connectivity index (χ1n) is 11.8. The number of carboxylic acids is 1. The Labute approximate surface area is 208 Å². The summed E-state index contributed by atoms with van der Waals surface area (Å²) in [7, 11) is 0. The zero-order valence-electron chi connectivity index (χ0n) is 20.1. The molecule has 0 bridgehead atoms. The average molecular weight is 493 g/mol. The number of benzene rings is 1. The molecule has 3 aromatic rings. The number of ether oxygens (including phenoxy) is 1. The van der Waals surface area contributed by atoms with Crippen LogP contribution >= 0.6 is 0 Å². The molecule has 4 rings (SSSR count). The first-order chi connectivity index (χ1) is 17.3. The maximum Gasteiger partial charge on any atom is 0.412 e. The number of amides is 2. The molecule has 36 heavy (non-hydrogen) atoms. The van der Waals surface area contributed by atoms with Crippen molar-refractivity contribution in [2.24, 2.45) is 11.8 Å². The van der Waals surface area contributed by atoms with E-state index >= 15 is 0 Å². The lowest BCUT2D eigenvalue weighted by molar-refractivity contribution is -0.147. The molecule has 0 spiro atoms. The molecule has 2 amide bonds. The van der Waals surface area contributed by atoms with E-state index in [0.717, 1.165) is 18.4 Å². The van der Waals surface area contributed by atoms with E-state index < -0.39 is 30.0 Å². The van der Waals surface area contributed by atoms with Gasteiger partial charge in [0, 0.05) is 29.2 Å². The van der Waals surface area contributed by atoms with Crippen LogP contribution in [0.2, 0.25) is 0 Å². The molecular formula is C26H28N4O6. The summed E-state index contributed by atoms with van der Waals surface area (Å²) in [5, 5.41) is 18.9. The fraction of sp³-hybridized carbons (Fsp3) is 0.346. The van der Waals surface area contributed by atoms with E-state index in [1.165, 1.54) is 0 Å². The van der Waals surface area contributed by atoms with Crippen molar-refractivity contribution in [3.63, 3.8) is 0 Å². The van der Waals surface area contributed by atoms with Gasteiger partial charge in [-0.25, -0.2) is 4.79 Å². The van der Waals surface area contributed by atoms with Crippen molar-refractivity contribution in [3.8, 4) is 11.3 Å². The van der Waals surface area contributed by atoms with Crippen molar-refractivity contribution in [3.05, 3.63) is 60.0 Å². The van der Waals surface area contributed by atoms with Gasteiger partial charge in [-0.1, -0.05) is 24.1 Å². The lowest BCUT2D eigenvalue weighted by Crippen LogP contribution is -2.36. The van der Waals surface area contributed by atoms with Crippen molar-refractivity contribution in [1.29, 1.82) is 0 Å². The van der Waals surface area contributed by atoms with Gasteiger partial charge >= 0.3 is 12.1 Å². The summed E-state index contributed by atoms with van der Waals surface area (Å²) in [5.74, 6) is -2.10. The third-order valence-corrected chi connectivity index (χ3v) is 6.36. The minimum absolute atomic E-state index is 0.293. The summed E-state index contributed by atoms with van der Waals surface area (Å²) >= 11 is 0. The molecule has 0 aliphatic heterocycles. The average Bonchev–Trinajstić information content (AvgIpc) is 3.24. The number of carboxylic acid groups (broad SMARTS) is 1. The molecule has 2 heterocycles. The third-order valence-electron chi connectivity index (χ3n) is 6.36. The number of rotatable bonds is 7. The highest BCUT2D eigenvalue weighted by Gasteiger charge is 2.35. The molecule has 3 N–H and O–H groups in total. The first kappa shape index (κ1) is 24.9. The van der Waals surface area contributed by atoms with Crippen LogP contribution in [0.4, 0.5) is 16.2 Å². The van der Waals surface area contributed by atoms with Gasteiger partial charge in [-0.3, -0.25) is 19.9 Å². The van der Waals surface area contributed by atoms with E-state index in [1.54, 1.807) is 56.6 Å². The van der Waals surface area contributed by atoms with E-state index in [2.05, 4.69) is 20.8 Å². The van der Waals surface area contributed by atoms with Crippen LogP contribution < -0.4 is 10.6 Å². The molecule has 0 saturated heterocycles. The van der Waals surface area contributed by atoms with Crippen LogP contribution in [-0.4, -0.2) is 33.2 Å². The van der Waals surface area contributed by atoms with Gasteiger partial charge in [0.2, 0.25) is 5.91 Å². The van der Waals surface area contributed by atoms with Crippen LogP contribution in [0.1, 0.15) is 50.0 Å². The van der Waals surface area contributed by atoms with Crippen molar-refractivity contribution >= 4 is 29.3 Å². The number of nitrogens with zero attached hydrogens (tertiary/aromatic N) is 2.